The van der Waals surface area contributed by atoms with Crippen molar-refractivity contribution in [1.82, 2.24) is 0 Å². The third kappa shape index (κ3) is 6.18. The second-order valence-corrected chi connectivity index (χ2v) is 13.4. The van der Waals surface area contributed by atoms with Gasteiger partial charge in [-0.15, -0.1) is 0 Å². The van der Waals surface area contributed by atoms with Crippen LogP contribution in [0, 0.1) is 28.6 Å². The van der Waals surface area contributed by atoms with E-state index in [9.17, 15) is 28.8 Å². The summed E-state index contributed by atoms with van der Waals surface area (Å²) in [5.74, 6) is -4.76. The molecule has 11 heteroatoms. The van der Waals surface area contributed by atoms with Gasteiger partial charge in [-0.3, -0.25) is 28.8 Å². The van der Waals surface area contributed by atoms with E-state index in [-0.39, 0.29) is 37.9 Å². The highest BCUT2D eigenvalue weighted by atomic mass is 19.1. The standard InChI is InChI=1S/C32H43FO8.C3H6O2/c1-7-10-28(38)40-25-17-30(6)23(22-12-11-20-16-21(34)13-14-29(20,5)31(22,25)33)15-19(4)32(30,41-27(37)9-3)24(35)18-39-26(36)8-2;1-2-3(4)5/h13-14,16,19,22-23,25H,7-12,15,17-18H2,1-6H3;2H2,1H3,(H,4,5)/t19-,22-,23-,25-,29-,30-,31?,32-;/m0./s1. The van der Waals surface area contributed by atoms with Crippen molar-refractivity contribution >= 4 is 35.4 Å². The summed E-state index contributed by atoms with van der Waals surface area (Å²) in [6.45, 7) is 11.5. The van der Waals surface area contributed by atoms with Crippen LogP contribution in [-0.2, 0) is 43.0 Å². The zero-order valence-electron chi connectivity index (χ0n) is 28.1. The fourth-order valence-electron chi connectivity index (χ4n) is 8.52. The number of aliphatic carboxylic acids is 1. The number of alkyl halides is 1. The van der Waals surface area contributed by atoms with Crippen LogP contribution in [-0.4, -0.2) is 64.5 Å². The minimum absolute atomic E-state index is 0.0215. The van der Waals surface area contributed by atoms with E-state index in [0.717, 1.165) is 0 Å². The minimum atomic E-state index is -2.07. The van der Waals surface area contributed by atoms with Crippen molar-refractivity contribution in [2.45, 2.75) is 124 Å². The first-order chi connectivity index (χ1) is 21.5. The molecule has 4 aliphatic rings. The summed E-state index contributed by atoms with van der Waals surface area (Å²) in [6.07, 6.45) is 5.33. The summed E-state index contributed by atoms with van der Waals surface area (Å²) in [7, 11) is 0. The zero-order valence-corrected chi connectivity index (χ0v) is 28.1. The number of ether oxygens (including phenoxy) is 3. The Labute approximate surface area is 270 Å². The van der Waals surface area contributed by atoms with Gasteiger partial charge >= 0.3 is 23.9 Å². The Kier molecular flexibility index (Phi) is 11.4. The molecule has 0 radical (unpaired) electrons. The monoisotopic (exact) mass is 648 g/mol. The molecular formula is C35H49FO10. The first-order valence-electron chi connectivity index (χ1n) is 16.5. The van der Waals surface area contributed by atoms with E-state index in [1.807, 2.05) is 20.8 Å². The van der Waals surface area contributed by atoms with Crippen LogP contribution >= 0.6 is 0 Å². The van der Waals surface area contributed by atoms with Gasteiger partial charge in [-0.1, -0.05) is 53.2 Å². The summed E-state index contributed by atoms with van der Waals surface area (Å²) in [6, 6.07) is 0. The van der Waals surface area contributed by atoms with Crippen molar-refractivity contribution in [3.05, 3.63) is 23.8 Å². The van der Waals surface area contributed by atoms with E-state index >= 15 is 4.39 Å². The number of hydrogen-bond donors (Lipinski definition) is 1. The van der Waals surface area contributed by atoms with E-state index < -0.39 is 82.2 Å². The van der Waals surface area contributed by atoms with Crippen molar-refractivity contribution in [2.24, 2.45) is 28.6 Å². The Morgan fingerprint density at radius 3 is 2.17 bits per heavy atom. The second kappa shape index (κ2) is 14.2. The van der Waals surface area contributed by atoms with Crippen LogP contribution in [0.5, 0.6) is 0 Å². The molecule has 1 unspecified atom stereocenters. The predicted molar refractivity (Wildman–Crippen MR) is 165 cm³/mol. The first-order valence-corrected chi connectivity index (χ1v) is 16.5. The number of carboxylic acids is 1. The number of allylic oxidation sites excluding steroid dienone is 4. The summed E-state index contributed by atoms with van der Waals surface area (Å²) in [4.78, 5) is 73.6. The SMILES string of the molecule is CCC(=O)O.CCCC(=O)O[C@H]1C[C@@]2(C)[C@@H](C[C@H](C)[C@]2(OC(=O)CC)C(=O)COC(=O)CC)[C@@H]2CCC3=CC(=O)C=C[C@]3(C)C12F. The summed E-state index contributed by atoms with van der Waals surface area (Å²) in [5, 5.41) is 7.72. The molecule has 10 nitrogen and oxygen atoms in total. The molecule has 0 saturated heterocycles. The van der Waals surface area contributed by atoms with Gasteiger partial charge in [-0.2, -0.15) is 0 Å². The topological polar surface area (TPSA) is 150 Å². The molecule has 4 rings (SSSR count). The van der Waals surface area contributed by atoms with E-state index in [0.29, 0.717) is 31.3 Å². The zero-order chi connectivity index (χ0) is 34.7. The summed E-state index contributed by atoms with van der Waals surface area (Å²) in [5.41, 5.74) is -5.41. The average molecular weight is 649 g/mol. The Morgan fingerprint density at radius 2 is 1.61 bits per heavy atom. The van der Waals surface area contributed by atoms with Crippen molar-refractivity contribution in [1.29, 1.82) is 0 Å². The van der Waals surface area contributed by atoms with Gasteiger partial charge in [0.15, 0.2) is 23.7 Å². The van der Waals surface area contributed by atoms with Gasteiger partial charge in [0.05, 0.1) is 0 Å². The van der Waals surface area contributed by atoms with Crippen molar-refractivity contribution < 1.29 is 52.5 Å². The Hall–Kier alpha value is -3.37. The number of ketones is 2. The summed E-state index contributed by atoms with van der Waals surface area (Å²) < 4.78 is 35.5. The van der Waals surface area contributed by atoms with Crippen LogP contribution < -0.4 is 0 Å². The molecule has 0 heterocycles. The number of halogens is 1. The van der Waals surface area contributed by atoms with E-state index in [2.05, 4.69) is 0 Å². The van der Waals surface area contributed by atoms with Crippen molar-refractivity contribution in [2.75, 3.05) is 6.61 Å². The Bertz CT molecular complexity index is 1300. The highest BCUT2D eigenvalue weighted by Gasteiger charge is 2.78. The van der Waals surface area contributed by atoms with E-state index in [1.165, 1.54) is 12.2 Å². The van der Waals surface area contributed by atoms with Gasteiger partial charge in [-0.25, -0.2) is 4.39 Å². The van der Waals surface area contributed by atoms with Gasteiger partial charge in [0.2, 0.25) is 5.78 Å². The first kappa shape index (κ1) is 37.1. The molecule has 0 aromatic rings. The van der Waals surface area contributed by atoms with Crippen LogP contribution in [0.3, 0.4) is 0 Å². The molecule has 0 bridgehead atoms. The fourth-order valence-corrected chi connectivity index (χ4v) is 8.52. The average Bonchev–Trinajstić information content (AvgIpc) is 3.23. The van der Waals surface area contributed by atoms with Crippen LogP contribution in [0.2, 0.25) is 0 Å². The van der Waals surface area contributed by atoms with Gasteiger partial charge in [-0.05, 0) is 57.1 Å². The number of carbonyl (C=O) groups is 6. The highest BCUT2D eigenvalue weighted by molar-refractivity contribution is 6.01. The van der Waals surface area contributed by atoms with E-state index in [1.54, 1.807) is 33.8 Å². The molecule has 0 aromatic carbocycles. The number of rotatable bonds is 10. The minimum Gasteiger partial charge on any atom is -0.481 e. The van der Waals surface area contributed by atoms with Crippen molar-refractivity contribution in [3.8, 4) is 0 Å². The lowest BCUT2D eigenvalue weighted by molar-refractivity contribution is -0.236. The van der Waals surface area contributed by atoms with Gasteiger partial charge in [0, 0.05) is 48.3 Å². The highest BCUT2D eigenvalue weighted by Crippen LogP contribution is 2.72. The molecule has 256 valence electrons. The van der Waals surface area contributed by atoms with Crippen molar-refractivity contribution in [3.63, 3.8) is 0 Å². The Balaban J connectivity index is 0.00000107. The van der Waals surface area contributed by atoms with Crippen LogP contribution in [0.25, 0.3) is 0 Å². The number of Topliss-reactive ketones (excluding diaryl/α,β-unsaturated/α-hetero) is 1. The molecule has 4 aliphatic carbocycles. The molecule has 0 aromatic heterocycles. The Morgan fingerprint density at radius 1 is 0.978 bits per heavy atom. The van der Waals surface area contributed by atoms with Gasteiger partial charge in [0.1, 0.15) is 6.10 Å². The third-order valence-electron chi connectivity index (χ3n) is 10.8. The molecule has 0 spiro atoms. The summed E-state index contributed by atoms with van der Waals surface area (Å²) >= 11 is 0. The lowest BCUT2D eigenvalue weighted by Crippen LogP contribution is -2.70. The smallest absolute Gasteiger partial charge is 0.306 e. The molecule has 0 aliphatic heterocycles. The van der Waals surface area contributed by atoms with Gasteiger partial charge < -0.3 is 19.3 Å². The lowest BCUT2D eigenvalue weighted by Gasteiger charge is -2.63. The lowest BCUT2D eigenvalue weighted by atomic mass is 9.44. The number of carboxylic acid groups (broad SMARTS) is 1. The maximum Gasteiger partial charge on any atom is 0.306 e. The number of esters is 3. The molecule has 46 heavy (non-hydrogen) atoms. The largest absolute Gasteiger partial charge is 0.481 e. The third-order valence-corrected chi connectivity index (χ3v) is 10.8. The predicted octanol–water partition coefficient (Wildman–Crippen LogP) is 5.65. The number of carbonyl (C=O) groups excluding carboxylic acids is 5. The molecule has 3 fully saturated rings. The van der Waals surface area contributed by atoms with Crippen LogP contribution in [0.1, 0.15) is 106 Å². The fraction of sp³-hybridized carbons (Fsp3) is 0.714. The molecule has 8 atom stereocenters. The van der Waals surface area contributed by atoms with E-state index in [4.69, 9.17) is 19.3 Å². The maximum absolute atomic E-state index is 18.2. The maximum atomic E-state index is 18.2. The quantitative estimate of drug-likeness (QED) is 0.233. The normalized spacial score (nSPS) is 35.7. The number of hydrogen-bond acceptors (Lipinski definition) is 9. The van der Waals surface area contributed by atoms with Crippen LogP contribution in [0.15, 0.2) is 23.8 Å². The molecule has 1 N–H and O–H groups in total. The second-order valence-electron chi connectivity index (χ2n) is 13.4. The molecule has 3 saturated carbocycles. The molecular weight excluding hydrogens is 599 g/mol. The number of fused-ring (bicyclic) bond motifs is 5. The van der Waals surface area contributed by atoms with Crippen LogP contribution in [0.4, 0.5) is 4.39 Å². The van der Waals surface area contributed by atoms with Gasteiger partial charge in [0.25, 0.3) is 0 Å². The molecule has 0 amide bonds.